The molecule has 2 rings (SSSR count). The summed E-state index contributed by atoms with van der Waals surface area (Å²) in [5, 5.41) is 4.74. The van der Waals surface area contributed by atoms with Crippen LogP contribution in [0, 0.1) is 12.8 Å². The molecule has 0 amide bonds. The van der Waals surface area contributed by atoms with Crippen molar-refractivity contribution in [2.24, 2.45) is 5.92 Å². The minimum Gasteiger partial charge on any atom is -0.348 e. The monoisotopic (exact) mass is 310 g/mol. The van der Waals surface area contributed by atoms with Crippen molar-refractivity contribution in [3.8, 4) is 0 Å². The Morgan fingerprint density at radius 1 is 1.33 bits per heavy atom. The van der Waals surface area contributed by atoms with Crippen molar-refractivity contribution < 1.29 is 0 Å². The van der Waals surface area contributed by atoms with Crippen LogP contribution in [0.4, 0.5) is 5.13 Å². The van der Waals surface area contributed by atoms with E-state index in [9.17, 15) is 0 Å². The van der Waals surface area contributed by atoms with E-state index in [4.69, 9.17) is 4.98 Å². The number of thiazole rings is 1. The molecule has 0 radical (unpaired) electrons. The predicted octanol–water partition coefficient (Wildman–Crippen LogP) is 2.73. The number of piperidine rings is 1. The molecule has 0 spiro atoms. The van der Waals surface area contributed by atoms with Crippen molar-refractivity contribution in [2.45, 2.75) is 46.2 Å². The van der Waals surface area contributed by atoms with Crippen LogP contribution in [0.1, 0.15) is 37.3 Å². The number of rotatable bonds is 6. The Hall–Kier alpha value is -0.650. The molecule has 4 nitrogen and oxygen atoms in total. The van der Waals surface area contributed by atoms with Gasteiger partial charge in [0, 0.05) is 30.6 Å². The molecule has 120 valence electrons. The third-order valence-electron chi connectivity index (χ3n) is 4.18. The summed E-state index contributed by atoms with van der Waals surface area (Å²) in [6.07, 6.45) is 2.49. The van der Waals surface area contributed by atoms with Gasteiger partial charge in [-0.2, -0.15) is 0 Å². The lowest BCUT2D eigenvalue weighted by Crippen LogP contribution is -2.41. The van der Waals surface area contributed by atoms with E-state index in [0.29, 0.717) is 5.92 Å². The first-order chi connectivity index (χ1) is 9.97. The van der Waals surface area contributed by atoms with E-state index in [0.717, 1.165) is 32.2 Å². The standard InChI is InChI=1S/C16H30N4S/c1-12(2)10-17-11-15-13(3)18-16(21-15)20-8-6-14(7-9-20)19(4)5/h12,14,17H,6-11H2,1-5H3. The van der Waals surface area contributed by atoms with Crippen LogP contribution in [0.3, 0.4) is 0 Å². The highest BCUT2D eigenvalue weighted by molar-refractivity contribution is 7.15. The molecule has 2 heterocycles. The van der Waals surface area contributed by atoms with Gasteiger partial charge in [-0.1, -0.05) is 13.8 Å². The van der Waals surface area contributed by atoms with Gasteiger partial charge in [0.2, 0.25) is 0 Å². The van der Waals surface area contributed by atoms with Crippen LogP contribution in [-0.4, -0.2) is 49.7 Å². The molecule has 0 bridgehead atoms. The van der Waals surface area contributed by atoms with Crippen molar-refractivity contribution in [3.05, 3.63) is 10.6 Å². The quantitative estimate of drug-likeness (QED) is 0.875. The summed E-state index contributed by atoms with van der Waals surface area (Å²) >= 11 is 1.87. The van der Waals surface area contributed by atoms with E-state index in [1.165, 1.54) is 28.5 Å². The first kappa shape index (κ1) is 16.7. The number of hydrogen-bond acceptors (Lipinski definition) is 5. The SMILES string of the molecule is Cc1nc(N2CCC(N(C)C)CC2)sc1CNCC(C)C. The van der Waals surface area contributed by atoms with E-state index >= 15 is 0 Å². The second-order valence-electron chi connectivity index (χ2n) is 6.71. The average Bonchev–Trinajstić information content (AvgIpc) is 2.80. The first-order valence-corrected chi connectivity index (χ1v) is 8.87. The highest BCUT2D eigenvalue weighted by Gasteiger charge is 2.23. The number of hydrogen-bond donors (Lipinski definition) is 1. The highest BCUT2D eigenvalue weighted by Crippen LogP contribution is 2.28. The fraction of sp³-hybridized carbons (Fsp3) is 0.812. The van der Waals surface area contributed by atoms with E-state index in [1.807, 2.05) is 11.3 Å². The van der Waals surface area contributed by atoms with Gasteiger partial charge in [-0.3, -0.25) is 0 Å². The minimum absolute atomic E-state index is 0.697. The van der Waals surface area contributed by atoms with E-state index in [-0.39, 0.29) is 0 Å². The summed E-state index contributed by atoms with van der Waals surface area (Å²) < 4.78 is 0. The summed E-state index contributed by atoms with van der Waals surface area (Å²) in [6.45, 7) is 10.9. The zero-order valence-corrected chi connectivity index (χ0v) is 15.0. The topological polar surface area (TPSA) is 31.4 Å². The maximum atomic E-state index is 4.79. The van der Waals surface area contributed by atoms with Crippen molar-refractivity contribution in [1.29, 1.82) is 0 Å². The molecular weight excluding hydrogens is 280 g/mol. The number of nitrogens with one attached hydrogen (secondary N) is 1. The Labute approximate surface area is 133 Å². The Balaban J connectivity index is 1.90. The van der Waals surface area contributed by atoms with Crippen LogP contribution in [0.5, 0.6) is 0 Å². The third-order valence-corrected chi connectivity index (χ3v) is 5.40. The van der Waals surface area contributed by atoms with Gasteiger partial charge in [-0.15, -0.1) is 11.3 Å². The summed E-state index contributed by atoms with van der Waals surface area (Å²) in [4.78, 5) is 11.0. The van der Waals surface area contributed by atoms with Crippen LogP contribution >= 0.6 is 11.3 Å². The Morgan fingerprint density at radius 2 is 2.00 bits per heavy atom. The van der Waals surface area contributed by atoms with Gasteiger partial charge >= 0.3 is 0 Å². The van der Waals surface area contributed by atoms with Crippen LogP contribution in [-0.2, 0) is 6.54 Å². The third kappa shape index (κ3) is 4.66. The molecule has 1 aliphatic heterocycles. The highest BCUT2D eigenvalue weighted by atomic mass is 32.1. The maximum Gasteiger partial charge on any atom is 0.185 e. The van der Waals surface area contributed by atoms with Crippen molar-refractivity contribution in [1.82, 2.24) is 15.2 Å². The van der Waals surface area contributed by atoms with E-state index < -0.39 is 0 Å². The molecule has 21 heavy (non-hydrogen) atoms. The van der Waals surface area contributed by atoms with Gasteiger partial charge in [0.1, 0.15) is 0 Å². The second-order valence-corrected chi connectivity index (χ2v) is 7.77. The molecular formula is C16H30N4S. The van der Waals surface area contributed by atoms with Gasteiger partial charge < -0.3 is 15.1 Å². The molecule has 1 saturated heterocycles. The van der Waals surface area contributed by atoms with Crippen LogP contribution < -0.4 is 10.2 Å². The van der Waals surface area contributed by atoms with Crippen LogP contribution in [0.25, 0.3) is 0 Å². The molecule has 0 saturated carbocycles. The van der Waals surface area contributed by atoms with Gasteiger partial charge in [-0.05, 0) is 46.3 Å². The van der Waals surface area contributed by atoms with Gasteiger partial charge in [0.25, 0.3) is 0 Å². The Morgan fingerprint density at radius 3 is 2.57 bits per heavy atom. The number of aryl methyl sites for hydroxylation is 1. The summed E-state index contributed by atoms with van der Waals surface area (Å²) in [5.74, 6) is 0.697. The fourth-order valence-corrected chi connectivity index (χ4v) is 3.84. The van der Waals surface area contributed by atoms with Crippen molar-refractivity contribution >= 4 is 16.5 Å². The zero-order valence-electron chi connectivity index (χ0n) is 14.1. The lowest BCUT2D eigenvalue weighted by Gasteiger charge is -2.35. The molecule has 1 aromatic heterocycles. The number of aromatic nitrogens is 1. The Kier molecular flexibility index (Phi) is 6.02. The second kappa shape index (κ2) is 7.56. The first-order valence-electron chi connectivity index (χ1n) is 8.05. The normalized spacial score (nSPS) is 17.2. The van der Waals surface area contributed by atoms with Crippen molar-refractivity contribution in [2.75, 3.05) is 38.6 Å². The smallest absolute Gasteiger partial charge is 0.185 e. The van der Waals surface area contributed by atoms with Gasteiger partial charge in [0.15, 0.2) is 5.13 Å². The molecule has 0 unspecified atom stereocenters. The molecule has 1 aliphatic rings. The summed E-state index contributed by atoms with van der Waals surface area (Å²) in [6, 6.07) is 0.731. The van der Waals surface area contributed by atoms with Gasteiger partial charge in [0.05, 0.1) is 5.69 Å². The lowest BCUT2D eigenvalue weighted by molar-refractivity contribution is 0.249. The van der Waals surface area contributed by atoms with E-state index in [2.05, 4.69) is 50.0 Å². The molecule has 5 heteroatoms. The molecule has 0 aliphatic carbocycles. The largest absolute Gasteiger partial charge is 0.348 e. The number of anilines is 1. The summed E-state index contributed by atoms with van der Waals surface area (Å²) in [5.41, 5.74) is 1.20. The molecule has 1 N–H and O–H groups in total. The zero-order chi connectivity index (χ0) is 15.4. The van der Waals surface area contributed by atoms with Gasteiger partial charge in [-0.25, -0.2) is 4.98 Å². The summed E-state index contributed by atoms with van der Waals surface area (Å²) in [7, 11) is 4.37. The number of nitrogens with zero attached hydrogens (tertiary/aromatic N) is 3. The predicted molar refractivity (Wildman–Crippen MR) is 92.3 cm³/mol. The fourth-order valence-electron chi connectivity index (χ4n) is 2.76. The van der Waals surface area contributed by atoms with E-state index in [1.54, 1.807) is 0 Å². The van der Waals surface area contributed by atoms with Crippen LogP contribution in [0.15, 0.2) is 0 Å². The molecule has 1 fully saturated rings. The molecule has 0 atom stereocenters. The molecule has 0 aromatic carbocycles. The Bertz CT molecular complexity index is 433. The maximum absolute atomic E-state index is 4.79. The molecule has 1 aromatic rings. The lowest BCUT2D eigenvalue weighted by atomic mass is 10.0. The minimum atomic E-state index is 0.697. The average molecular weight is 311 g/mol. The van der Waals surface area contributed by atoms with Crippen molar-refractivity contribution in [3.63, 3.8) is 0 Å². The van der Waals surface area contributed by atoms with Crippen LogP contribution in [0.2, 0.25) is 0 Å².